The maximum absolute atomic E-state index is 10.6. The predicted molar refractivity (Wildman–Crippen MR) is 155 cm³/mol. The minimum Gasteiger partial charge on any atom is -0.369 e. The maximum atomic E-state index is 10.6. The molecule has 9 fully saturated rings. The summed E-state index contributed by atoms with van der Waals surface area (Å²) in [4.78, 5) is 14.1. The minimum atomic E-state index is -0.813. The zero-order valence-electron chi connectivity index (χ0n) is 23.8. The second-order valence-electron chi connectivity index (χ2n) is 15.5. The summed E-state index contributed by atoms with van der Waals surface area (Å²) in [6, 6.07) is 6.11. The van der Waals surface area contributed by atoms with E-state index in [0.29, 0.717) is 17.2 Å². The Balaban J connectivity index is 0.0000000873. The van der Waals surface area contributed by atoms with Crippen molar-refractivity contribution in [1.82, 2.24) is 0 Å². The molecule has 0 aromatic heterocycles. The third-order valence-corrected chi connectivity index (χ3v) is 14.7. The Hall–Kier alpha value is -1.75. The Morgan fingerprint density at radius 1 is 0.786 bits per heavy atom. The smallest absolute Gasteiger partial charge is 0.369 e. The number of hydrogen-bond donors (Lipinski definition) is 1. The van der Waals surface area contributed by atoms with Gasteiger partial charge >= 0.3 is 5.97 Å². The summed E-state index contributed by atoms with van der Waals surface area (Å²) >= 11 is 5.56. The number of rotatable bonds is 1. The van der Waals surface area contributed by atoms with Gasteiger partial charge in [0.25, 0.3) is 0 Å². The van der Waals surface area contributed by atoms with Crippen molar-refractivity contribution in [2.24, 2.45) is 82.9 Å². The topological polar surface area (TPSA) is 71.6 Å². The van der Waals surface area contributed by atoms with Crippen molar-refractivity contribution in [3.05, 3.63) is 59.2 Å². The van der Waals surface area contributed by atoms with Gasteiger partial charge in [-0.25, -0.2) is 4.79 Å². The molecule has 6 heteroatoms. The Bertz CT molecular complexity index is 1360. The molecule has 2 heterocycles. The number of epoxide rings is 2. The zero-order chi connectivity index (χ0) is 27.9. The van der Waals surface area contributed by atoms with E-state index in [-0.39, 0.29) is 5.56 Å². The molecule has 1 N–H and O–H groups in total. The van der Waals surface area contributed by atoms with Crippen LogP contribution in [0.5, 0.6) is 0 Å². The van der Waals surface area contributed by atoms with Crippen LogP contribution >= 0.6 is 11.6 Å². The molecule has 5 nitrogen and oxygen atoms in total. The van der Waals surface area contributed by atoms with Crippen molar-refractivity contribution in [3.8, 4) is 0 Å². The molecule has 12 rings (SSSR count). The first-order chi connectivity index (χ1) is 20.6. The van der Waals surface area contributed by atoms with Crippen LogP contribution < -0.4 is 0 Å². The summed E-state index contributed by atoms with van der Waals surface area (Å²) in [7, 11) is 0. The lowest BCUT2D eigenvalue weighted by Crippen LogP contribution is -2.40. The van der Waals surface area contributed by atoms with Crippen molar-refractivity contribution in [2.75, 3.05) is 0 Å². The van der Waals surface area contributed by atoms with Crippen LogP contribution in [-0.4, -0.2) is 35.6 Å². The normalized spacial score (nSPS) is 55.2. The number of benzene rings is 1. The van der Waals surface area contributed by atoms with E-state index in [0.717, 1.165) is 95.1 Å². The molecule has 7 saturated carbocycles. The molecular weight excluding hydrogens is 548 g/mol. The van der Waals surface area contributed by atoms with Crippen LogP contribution in [0.25, 0.3) is 0 Å². The molecule has 2 saturated heterocycles. The lowest BCUT2D eigenvalue weighted by molar-refractivity contribution is -0.182. The Morgan fingerprint density at radius 3 is 2.29 bits per heavy atom. The van der Waals surface area contributed by atoms with E-state index in [1.165, 1.54) is 44.2 Å². The van der Waals surface area contributed by atoms with Crippen LogP contribution in [0.15, 0.2) is 42.5 Å². The van der Waals surface area contributed by atoms with E-state index in [4.69, 9.17) is 26.3 Å². The van der Waals surface area contributed by atoms with Gasteiger partial charge in [-0.3, -0.25) is 4.89 Å². The number of ether oxygens (including phenoxy) is 2. The van der Waals surface area contributed by atoms with Crippen LogP contribution in [-0.2, 0) is 14.4 Å². The molecule has 6 bridgehead atoms. The van der Waals surface area contributed by atoms with E-state index in [1.54, 1.807) is 25.0 Å². The van der Waals surface area contributed by atoms with Gasteiger partial charge in [-0.05, 0) is 128 Å². The summed E-state index contributed by atoms with van der Waals surface area (Å²) in [5, 5.41) is 8.41. The van der Waals surface area contributed by atoms with Crippen molar-refractivity contribution < 1.29 is 24.4 Å². The summed E-state index contributed by atoms with van der Waals surface area (Å²) in [6.07, 6.45) is 23.8. The number of carbonyl (C=O) groups is 1. The first-order valence-corrected chi connectivity index (χ1v) is 17.1. The molecule has 18 atom stereocenters. The lowest BCUT2D eigenvalue weighted by atomic mass is 9.64. The molecule has 9 aliphatic carbocycles. The Kier molecular flexibility index (Phi) is 5.57. The lowest BCUT2D eigenvalue weighted by Gasteiger charge is -2.40. The van der Waals surface area contributed by atoms with Crippen molar-refractivity contribution >= 4 is 17.6 Å². The fourth-order valence-electron chi connectivity index (χ4n) is 13.4. The molecule has 1 aromatic rings. The third-order valence-electron chi connectivity index (χ3n) is 14.5. The van der Waals surface area contributed by atoms with Crippen LogP contribution in [0.3, 0.4) is 0 Å². The summed E-state index contributed by atoms with van der Waals surface area (Å²) in [5.41, 5.74) is 0.222. The average molecular weight is 588 g/mol. The molecule has 0 amide bonds. The number of hydrogen-bond acceptors (Lipinski definition) is 5. The van der Waals surface area contributed by atoms with E-state index < -0.39 is 5.97 Å². The zero-order valence-corrected chi connectivity index (χ0v) is 24.6. The first-order valence-electron chi connectivity index (χ1n) is 16.7. The van der Waals surface area contributed by atoms with E-state index in [9.17, 15) is 4.79 Å². The molecule has 18 unspecified atom stereocenters. The number of halogens is 1. The van der Waals surface area contributed by atoms with Crippen LogP contribution in [0, 0.1) is 88.9 Å². The summed E-state index contributed by atoms with van der Waals surface area (Å²) < 4.78 is 11.8. The third kappa shape index (κ3) is 3.49. The Morgan fingerprint density at radius 2 is 1.50 bits per heavy atom. The van der Waals surface area contributed by atoms with E-state index in [1.807, 2.05) is 0 Å². The molecule has 42 heavy (non-hydrogen) atoms. The fourth-order valence-corrected chi connectivity index (χ4v) is 13.6. The first kappa shape index (κ1) is 25.6. The molecule has 11 aliphatic rings. The van der Waals surface area contributed by atoms with Gasteiger partial charge in [0.2, 0.25) is 6.08 Å². The summed E-state index contributed by atoms with van der Waals surface area (Å²) in [6.45, 7) is 0. The second-order valence-corrected chi connectivity index (χ2v) is 15.9. The number of carbonyl (C=O) groups excluding carboxylic acids is 1. The second kappa shape index (κ2) is 9.14. The van der Waals surface area contributed by atoms with Gasteiger partial charge in [0.05, 0.1) is 30.0 Å². The van der Waals surface area contributed by atoms with Gasteiger partial charge in [0.1, 0.15) is 0 Å². The number of allylic oxidation sites excluding steroid dienone is 4. The van der Waals surface area contributed by atoms with Crippen LogP contribution in [0.4, 0.5) is 0 Å². The molecule has 2 aliphatic heterocycles. The van der Waals surface area contributed by atoms with E-state index in [2.05, 4.69) is 29.2 Å². The quantitative estimate of drug-likeness (QED) is 0.0969. The van der Waals surface area contributed by atoms with Crippen LogP contribution in [0.1, 0.15) is 55.3 Å². The highest BCUT2D eigenvalue weighted by molar-refractivity contribution is 6.30. The van der Waals surface area contributed by atoms with Crippen LogP contribution in [0.2, 0.25) is 5.02 Å². The molecule has 0 spiro atoms. The Labute approximate surface area is 252 Å². The minimum absolute atomic E-state index is 0.222. The molecule has 0 radical (unpaired) electrons. The van der Waals surface area contributed by atoms with Gasteiger partial charge in [-0.2, -0.15) is 5.26 Å². The predicted octanol–water partition coefficient (Wildman–Crippen LogP) is 6.87. The molecule has 220 valence electrons. The van der Waals surface area contributed by atoms with Gasteiger partial charge in [-0.1, -0.05) is 29.8 Å². The molecule has 1 aromatic carbocycles. The highest BCUT2D eigenvalue weighted by atomic mass is 35.5. The highest BCUT2D eigenvalue weighted by Gasteiger charge is 2.78. The van der Waals surface area contributed by atoms with Crippen molar-refractivity contribution in [1.29, 1.82) is 0 Å². The van der Waals surface area contributed by atoms with Gasteiger partial charge in [0.15, 0.2) is 12.5 Å². The van der Waals surface area contributed by atoms with Gasteiger partial charge in [-0.15, -0.1) is 0 Å². The fraction of sp³-hybridized carbons (Fsp3) is 0.694. The molecular formula is C36H40ClO5+. The number of fused-ring (bicyclic) bond motifs is 25. The standard InChI is InChI=1S/C15H18O2.C14H17.C7H5ClO3/c1-4-5-3-9-15(16-9)12(5)6(1)11-8-2-7(10(4)11)13-14(8)17-13;1-2-5-10-9(4-1)13-8-14(10)12-7-3-6-11(12)13;8-6-3-1-2-5(4-6)7(9)11-10/h4-15H,1-3H2;1-2,6,9-14H,4-5,7-8H2;1-4,10H/q;+1;. The average Bonchev–Trinajstić information content (AvgIpc) is 3.50. The van der Waals surface area contributed by atoms with Crippen molar-refractivity contribution in [2.45, 2.75) is 69.4 Å². The monoisotopic (exact) mass is 587 g/mol. The SMILES string of the molecule is C1C2OC2C2C1C1CC2C2C3CC(C4OC34)C12.O=C(OO)c1cccc(Cl)c1.[C+]1=CC2C3CC(C2C1)C1CC=CCC31. The van der Waals surface area contributed by atoms with Crippen molar-refractivity contribution in [3.63, 3.8) is 0 Å². The summed E-state index contributed by atoms with van der Waals surface area (Å²) in [5.74, 6) is 13.7. The van der Waals surface area contributed by atoms with Gasteiger partial charge < -0.3 is 9.47 Å². The largest absolute Gasteiger partial charge is 0.372 e. The highest BCUT2D eigenvalue weighted by Crippen LogP contribution is 2.77. The maximum Gasteiger partial charge on any atom is 0.372 e. The van der Waals surface area contributed by atoms with E-state index >= 15 is 0 Å². The van der Waals surface area contributed by atoms with Gasteiger partial charge in [0, 0.05) is 16.9 Å².